The lowest BCUT2D eigenvalue weighted by Gasteiger charge is -2.29. The van der Waals surface area contributed by atoms with Gasteiger partial charge in [-0.1, -0.05) is 18.2 Å². The van der Waals surface area contributed by atoms with Crippen LogP contribution in [0.3, 0.4) is 0 Å². The fraction of sp³-hybridized carbons (Fsp3) is 0.474. The molecule has 0 spiro atoms. The van der Waals surface area contributed by atoms with E-state index in [1.54, 1.807) is 0 Å². The SMILES string of the molecule is CN(C)C(C1=C(C(N(C)C)=[N+](C)C)[C@H](O)c2ccccc2O1)=[N+](C)C. The summed E-state index contributed by atoms with van der Waals surface area (Å²) < 4.78 is 10.3. The summed E-state index contributed by atoms with van der Waals surface area (Å²) in [6.45, 7) is 0. The predicted octanol–water partition coefficient (Wildman–Crippen LogP) is 0.831. The standard InChI is InChI=1S/C19H30N4O2/c1-20(2)18(21(3)4)15-16(24)13-11-9-10-12-14(13)25-17(15)19(22(5)6)23(7)8/h9-12,16,24H,1-8H3/q+2/t16-/m1/s1. The number of likely N-dealkylation sites (N-methyl/N-ethyl adjacent to an activating group) is 2. The highest BCUT2D eigenvalue weighted by Gasteiger charge is 2.40. The third-order valence-electron chi connectivity index (χ3n) is 4.08. The molecule has 1 aromatic rings. The first kappa shape index (κ1) is 19.0. The number of nitrogens with zero attached hydrogens (tertiary/aromatic N) is 4. The molecule has 1 N–H and O–H groups in total. The van der Waals surface area contributed by atoms with E-state index >= 15 is 0 Å². The van der Waals surface area contributed by atoms with Crippen LogP contribution in [-0.2, 0) is 0 Å². The molecular formula is C19H30N4O2+2. The van der Waals surface area contributed by atoms with Crippen molar-refractivity contribution in [2.45, 2.75) is 6.10 Å². The second-order valence-electron chi connectivity index (χ2n) is 7.01. The van der Waals surface area contributed by atoms with E-state index in [0.29, 0.717) is 11.5 Å². The van der Waals surface area contributed by atoms with Gasteiger partial charge in [0, 0.05) is 5.56 Å². The van der Waals surface area contributed by atoms with Gasteiger partial charge in [-0.05, 0) is 6.07 Å². The number of para-hydroxylation sites is 1. The number of hydrogen-bond donors (Lipinski definition) is 1. The number of amidine groups is 2. The number of fused-ring (bicyclic) bond motifs is 1. The van der Waals surface area contributed by atoms with Crippen molar-refractivity contribution in [3.63, 3.8) is 0 Å². The second kappa shape index (κ2) is 7.27. The van der Waals surface area contributed by atoms with Crippen LogP contribution in [0.15, 0.2) is 35.6 Å². The van der Waals surface area contributed by atoms with Gasteiger partial charge in [-0.3, -0.25) is 19.0 Å². The molecule has 1 heterocycles. The molecule has 1 atom stereocenters. The van der Waals surface area contributed by atoms with Crippen molar-refractivity contribution in [2.75, 3.05) is 56.4 Å². The number of rotatable bonds is 2. The maximum atomic E-state index is 11.2. The predicted molar refractivity (Wildman–Crippen MR) is 101 cm³/mol. The lowest BCUT2D eigenvalue weighted by atomic mass is 9.94. The lowest BCUT2D eigenvalue weighted by molar-refractivity contribution is -0.471. The molecule has 6 nitrogen and oxygen atoms in total. The Morgan fingerprint density at radius 3 is 1.92 bits per heavy atom. The molecule has 2 rings (SSSR count). The molecule has 0 radical (unpaired) electrons. The van der Waals surface area contributed by atoms with Gasteiger partial charge < -0.3 is 9.84 Å². The highest BCUT2D eigenvalue weighted by molar-refractivity contribution is 6.05. The number of ether oxygens (including phenoxy) is 1. The molecule has 6 heteroatoms. The third kappa shape index (κ3) is 3.54. The highest BCUT2D eigenvalue weighted by atomic mass is 16.5. The second-order valence-corrected chi connectivity index (χ2v) is 7.01. The van der Waals surface area contributed by atoms with E-state index in [0.717, 1.165) is 22.8 Å². The van der Waals surface area contributed by atoms with E-state index in [9.17, 15) is 5.11 Å². The monoisotopic (exact) mass is 346 g/mol. The van der Waals surface area contributed by atoms with Crippen molar-refractivity contribution in [2.24, 2.45) is 0 Å². The van der Waals surface area contributed by atoms with Gasteiger partial charge in [0.2, 0.25) is 5.76 Å². The first-order valence-electron chi connectivity index (χ1n) is 8.29. The van der Waals surface area contributed by atoms with Crippen molar-refractivity contribution in [3.8, 4) is 5.75 Å². The summed E-state index contributed by atoms with van der Waals surface area (Å²) in [5.41, 5.74) is 1.53. The molecule has 0 saturated carbocycles. The van der Waals surface area contributed by atoms with E-state index in [1.165, 1.54) is 0 Å². The van der Waals surface area contributed by atoms with Gasteiger partial charge in [0.1, 0.15) is 17.4 Å². The zero-order valence-electron chi connectivity index (χ0n) is 16.5. The Balaban J connectivity index is 2.85. The average molecular weight is 346 g/mol. The quantitative estimate of drug-likeness (QED) is 0.489. The van der Waals surface area contributed by atoms with Crippen LogP contribution in [-0.4, -0.2) is 92.1 Å². The van der Waals surface area contributed by atoms with Crippen LogP contribution in [0.1, 0.15) is 11.7 Å². The van der Waals surface area contributed by atoms with Gasteiger partial charge in [0.25, 0.3) is 5.84 Å². The molecule has 0 aromatic heterocycles. The number of benzene rings is 1. The third-order valence-corrected chi connectivity index (χ3v) is 4.08. The van der Waals surface area contributed by atoms with E-state index in [2.05, 4.69) is 0 Å². The Morgan fingerprint density at radius 1 is 0.920 bits per heavy atom. The van der Waals surface area contributed by atoms with Gasteiger partial charge in [0.15, 0.2) is 0 Å². The molecule has 1 aromatic carbocycles. The van der Waals surface area contributed by atoms with Crippen molar-refractivity contribution in [3.05, 3.63) is 41.2 Å². The van der Waals surface area contributed by atoms with Crippen molar-refractivity contribution >= 4 is 11.7 Å². The fourth-order valence-corrected chi connectivity index (χ4v) is 3.32. The molecule has 0 fully saturated rings. The molecule has 136 valence electrons. The molecule has 0 amide bonds. The Kier molecular flexibility index (Phi) is 5.52. The van der Waals surface area contributed by atoms with Crippen LogP contribution in [0.25, 0.3) is 0 Å². The van der Waals surface area contributed by atoms with Crippen LogP contribution in [0.2, 0.25) is 0 Å². The zero-order chi connectivity index (χ0) is 18.9. The smallest absolute Gasteiger partial charge is 0.315 e. The Morgan fingerprint density at radius 2 is 1.44 bits per heavy atom. The Hall–Kier alpha value is -2.34. The molecule has 25 heavy (non-hydrogen) atoms. The number of aliphatic hydroxyl groups is 1. The summed E-state index contributed by atoms with van der Waals surface area (Å²) in [6.07, 6.45) is -0.769. The van der Waals surface area contributed by atoms with Gasteiger partial charge in [-0.15, -0.1) is 0 Å². The van der Waals surface area contributed by atoms with E-state index in [4.69, 9.17) is 4.74 Å². The summed E-state index contributed by atoms with van der Waals surface area (Å²) in [5, 5.41) is 11.2. The fourth-order valence-electron chi connectivity index (χ4n) is 3.32. The molecule has 0 bridgehead atoms. The highest BCUT2D eigenvalue weighted by Crippen LogP contribution is 2.38. The summed E-state index contributed by atoms with van der Waals surface area (Å²) >= 11 is 0. The molecule has 0 saturated heterocycles. The maximum Gasteiger partial charge on any atom is 0.315 e. The lowest BCUT2D eigenvalue weighted by Crippen LogP contribution is -2.41. The van der Waals surface area contributed by atoms with Crippen molar-refractivity contribution < 1.29 is 19.0 Å². The minimum Gasteiger partial charge on any atom is -0.448 e. The minimum atomic E-state index is -0.769. The zero-order valence-corrected chi connectivity index (χ0v) is 16.5. The van der Waals surface area contributed by atoms with E-state index in [1.807, 2.05) is 99.6 Å². The van der Waals surface area contributed by atoms with Gasteiger partial charge >= 0.3 is 5.84 Å². The van der Waals surface area contributed by atoms with Crippen LogP contribution in [0, 0.1) is 0 Å². The first-order valence-corrected chi connectivity index (χ1v) is 8.29. The largest absolute Gasteiger partial charge is 0.448 e. The maximum absolute atomic E-state index is 11.2. The average Bonchev–Trinajstić information content (AvgIpc) is 2.49. The number of hydrogen-bond acceptors (Lipinski definition) is 2. The number of aliphatic hydroxyl groups excluding tert-OH is 1. The van der Waals surface area contributed by atoms with Crippen LogP contribution in [0.5, 0.6) is 5.75 Å². The minimum absolute atomic E-state index is 0.665. The topological polar surface area (TPSA) is 42.0 Å². The van der Waals surface area contributed by atoms with Gasteiger partial charge in [-0.25, -0.2) is 0 Å². The van der Waals surface area contributed by atoms with Crippen LogP contribution in [0.4, 0.5) is 0 Å². The summed E-state index contributed by atoms with van der Waals surface area (Å²) in [6, 6.07) is 7.64. The first-order chi connectivity index (χ1) is 11.7. The van der Waals surface area contributed by atoms with Crippen molar-refractivity contribution in [1.82, 2.24) is 9.80 Å². The molecule has 1 aliphatic heterocycles. The Labute approximate surface area is 150 Å². The molecule has 1 aliphatic rings. The summed E-state index contributed by atoms with van der Waals surface area (Å²) in [5.74, 6) is 3.15. The summed E-state index contributed by atoms with van der Waals surface area (Å²) in [4.78, 5) is 4.00. The van der Waals surface area contributed by atoms with Crippen LogP contribution >= 0.6 is 0 Å². The van der Waals surface area contributed by atoms with Crippen molar-refractivity contribution in [1.29, 1.82) is 0 Å². The van der Waals surface area contributed by atoms with Gasteiger partial charge in [-0.2, -0.15) is 0 Å². The molecule has 0 aliphatic carbocycles. The van der Waals surface area contributed by atoms with Gasteiger partial charge in [0.05, 0.1) is 56.4 Å². The van der Waals surface area contributed by atoms with Crippen LogP contribution < -0.4 is 4.74 Å². The normalized spacial score (nSPS) is 16.0. The molecular weight excluding hydrogens is 316 g/mol. The Bertz CT molecular complexity index is 752. The van der Waals surface area contributed by atoms with E-state index in [-0.39, 0.29) is 0 Å². The molecule has 0 unspecified atom stereocenters. The van der Waals surface area contributed by atoms with E-state index < -0.39 is 6.10 Å². The summed E-state index contributed by atoms with van der Waals surface area (Å²) in [7, 11) is 15.8.